The molecule has 4 rings (SSSR count). The minimum Gasteiger partial charge on any atom is -0.339 e. The summed E-state index contributed by atoms with van der Waals surface area (Å²) in [5.41, 5.74) is 2.62. The molecule has 2 aromatic carbocycles. The van der Waals surface area contributed by atoms with Gasteiger partial charge in [0.25, 0.3) is 0 Å². The molecule has 1 aliphatic rings. The lowest BCUT2D eigenvalue weighted by Gasteiger charge is -2.16. The predicted molar refractivity (Wildman–Crippen MR) is 98.3 cm³/mol. The molecule has 1 amide bonds. The highest BCUT2D eigenvalue weighted by molar-refractivity contribution is 9.10. The van der Waals surface area contributed by atoms with E-state index in [2.05, 4.69) is 26.1 Å². The van der Waals surface area contributed by atoms with E-state index in [9.17, 15) is 9.18 Å². The van der Waals surface area contributed by atoms with E-state index in [1.165, 1.54) is 6.07 Å². The summed E-state index contributed by atoms with van der Waals surface area (Å²) in [6, 6.07) is 12.4. The van der Waals surface area contributed by atoms with Crippen molar-refractivity contribution < 1.29 is 13.7 Å². The zero-order valence-electron chi connectivity index (χ0n) is 13.9. The van der Waals surface area contributed by atoms with Gasteiger partial charge in [-0.05, 0) is 58.7 Å². The van der Waals surface area contributed by atoms with Crippen molar-refractivity contribution in [2.75, 3.05) is 11.4 Å². The normalized spacial score (nSPS) is 17.1. The largest absolute Gasteiger partial charge is 0.339 e. The first kappa shape index (κ1) is 16.9. The van der Waals surface area contributed by atoms with Crippen LogP contribution < -0.4 is 4.90 Å². The molecule has 0 bridgehead atoms. The predicted octanol–water partition coefficient (Wildman–Crippen LogP) is 4.47. The van der Waals surface area contributed by atoms with Gasteiger partial charge in [-0.25, -0.2) is 4.39 Å². The van der Waals surface area contributed by atoms with Crippen LogP contribution in [-0.4, -0.2) is 22.6 Å². The van der Waals surface area contributed by atoms with E-state index in [4.69, 9.17) is 4.52 Å². The van der Waals surface area contributed by atoms with Crippen molar-refractivity contribution in [2.45, 2.75) is 19.3 Å². The number of benzene rings is 2. The first-order chi connectivity index (χ1) is 12.5. The van der Waals surface area contributed by atoms with E-state index in [-0.39, 0.29) is 17.6 Å². The Morgan fingerprint density at radius 3 is 2.88 bits per heavy atom. The van der Waals surface area contributed by atoms with Gasteiger partial charge >= 0.3 is 0 Å². The Morgan fingerprint density at radius 2 is 2.12 bits per heavy atom. The molecule has 3 aromatic rings. The van der Waals surface area contributed by atoms with Crippen LogP contribution in [0.15, 0.2) is 51.5 Å². The lowest BCUT2D eigenvalue weighted by Crippen LogP contribution is -2.24. The van der Waals surface area contributed by atoms with E-state index in [1.807, 2.05) is 31.2 Å². The average molecular weight is 416 g/mol. The maximum Gasteiger partial charge on any atom is 0.232 e. The summed E-state index contributed by atoms with van der Waals surface area (Å²) in [7, 11) is 0. The maximum atomic E-state index is 13.4. The van der Waals surface area contributed by atoms with E-state index in [0.717, 1.165) is 11.3 Å². The van der Waals surface area contributed by atoms with Crippen molar-refractivity contribution in [3.8, 4) is 11.4 Å². The van der Waals surface area contributed by atoms with Gasteiger partial charge in [0.15, 0.2) is 0 Å². The Hall–Kier alpha value is -2.54. The van der Waals surface area contributed by atoms with E-state index in [1.54, 1.807) is 17.0 Å². The number of rotatable bonds is 3. The second kappa shape index (κ2) is 6.64. The average Bonchev–Trinajstić information content (AvgIpc) is 3.24. The fourth-order valence-corrected chi connectivity index (χ4v) is 3.45. The quantitative estimate of drug-likeness (QED) is 0.633. The van der Waals surface area contributed by atoms with Gasteiger partial charge in [0.1, 0.15) is 5.82 Å². The van der Waals surface area contributed by atoms with Gasteiger partial charge in [-0.2, -0.15) is 4.98 Å². The highest BCUT2D eigenvalue weighted by Gasteiger charge is 2.35. The van der Waals surface area contributed by atoms with Gasteiger partial charge in [-0.3, -0.25) is 4.79 Å². The summed E-state index contributed by atoms with van der Waals surface area (Å²) in [4.78, 5) is 18.6. The topological polar surface area (TPSA) is 59.2 Å². The third-order valence-electron chi connectivity index (χ3n) is 4.41. The van der Waals surface area contributed by atoms with Crippen LogP contribution in [0.3, 0.4) is 0 Å². The van der Waals surface area contributed by atoms with E-state index < -0.39 is 0 Å². The Labute approximate surface area is 158 Å². The summed E-state index contributed by atoms with van der Waals surface area (Å²) >= 11 is 3.15. The number of hydrogen-bond acceptors (Lipinski definition) is 4. The molecule has 0 saturated carbocycles. The maximum absolute atomic E-state index is 13.4. The summed E-state index contributed by atoms with van der Waals surface area (Å²) in [6.07, 6.45) is 0.322. The second-order valence-electron chi connectivity index (χ2n) is 6.33. The van der Waals surface area contributed by atoms with Crippen LogP contribution in [0.25, 0.3) is 11.4 Å². The molecular weight excluding hydrogens is 401 g/mol. The number of carbonyl (C=O) groups excluding carboxylic acids is 1. The van der Waals surface area contributed by atoms with Crippen LogP contribution >= 0.6 is 15.9 Å². The molecule has 1 unspecified atom stereocenters. The SMILES string of the molecule is Cc1cccc(N2CC(c3nc(-c4ccc(F)c(Br)c4)no3)CC2=O)c1. The molecule has 7 heteroatoms. The fraction of sp³-hybridized carbons (Fsp3) is 0.211. The second-order valence-corrected chi connectivity index (χ2v) is 7.18. The molecule has 2 heterocycles. The van der Waals surface area contributed by atoms with Crippen LogP contribution in [0, 0.1) is 12.7 Å². The third-order valence-corrected chi connectivity index (χ3v) is 5.01. The Balaban J connectivity index is 1.57. The van der Waals surface area contributed by atoms with Gasteiger partial charge in [0, 0.05) is 24.2 Å². The number of aryl methyl sites for hydroxylation is 1. The molecular formula is C19H15BrFN3O2. The fourth-order valence-electron chi connectivity index (χ4n) is 3.07. The number of amides is 1. The number of aromatic nitrogens is 2. The number of halogens is 2. The van der Waals surface area contributed by atoms with Gasteiger partial charge in [0.2, 0.25) is 17.6 Å². The summed E-state index contributed by atoms with van der Waals surface area (Å²) in [5.74, 6) is 0.316. The Morgan fingerprint density at radius 1 is 1.27 bits per heavy atom. The lowest BCUT2D eigenvalue weighted by atomic mass is 10.1. The highest BCUT2D eigenvalue weighted by atomic mass is 79.9. The van der Waals surface area contributed by atoms with Crippen molar-refractivity contribution in [1.29, 1.82) is 0 Å². The summed E-state index contributed by atoms with van der Waals surface area (Å²) in [5, 5.41) is 3.98. The van der Waals surface area contributed by atoms with Crippen molar-refractivity contribution in [2.24, 2.45) is 0 Å². The molecule has 0 radical (unpaired) electrons. The first-order valence-electron chi connectivity index (χ1n) is 8.17. The van der Waals surface area contributed by atoms with Gasteiger partial charge < -0.3 is 9.42 Å². The van der Waals surface area contributed by atoms with Crippen LogP contribution in [0.4, 0.5) is 10.1 Å². The standard InChI is InChI=1S/C19H15BrFN3O2/c1-11-3-2-4-14(7-11)24-10-13(9-17(24)25)19-22-18(23-26-19)12-5-6-16(21)15(20)8-12/h2-8,13H,9-10H2,1H3. The van der Waals surface area contributed by atoms with Crippen LogP contribution in [0.1, 0.15) is 23.8 Å². The molecule has 132 valence electrons. The van der Waals surface area contributed by atoms with Crippen LogP contribution in [-0.2, 0) is 4.79 Å². The molecule has 0 aliphatic carbocycles. The lowest BCUT2D eigenvalue weighted by molar-refractivity contribution is -0.117. The minimum atomic E-state index is -0.354. The van der Waals surface area contributed by atoms with Gasteiger partial charge in [-0.15, -0.1) is 0 Å². The monoisotopic (exact) mass is 415 g/mol. The van der Waals surface area contributed by atoms with Crippen LogP contribution in [0.5, 0.6) is 0 Å². The number of hydrogen-bond donors (Lipinski definition) is 0. The molecule has 0 N–H and O–H groups in total. The summed E-state index contributed by atoms with van der Waals surface area (Å²) in [6.45, 7) is 2.49. The summed E-state index contributed by atoms with van der Waals surface area (Å²) < 4.78 is 19.1. The molecule has 1 aliphatic heterocycles. The van der Waals surface area contributed by atoms with Crippen molar-refractivity contribution in [3.63, 3.8) is 0 Å². The number of anilines is 1. The Kier molecular flexibility index (Phi) is 4.32. The van der Waals surface area contributed by atoms with Gasteiger partial charge in [-0.1, -0.05) is 17.3 Å². The first-order valence-corrected chi connectivity index (χ1v) is 8.96. The zero-order valence-corrected chi connectivity index (χ0v) is 15.5. The van der Waals surface area contributed by atoms with Crippen molar-refractivity contribution >= 4 is 27.5 Å². The molecule has 1 atom stereocenters. The molecule has 5 nitrogen and oxygen atoms in total. The molecule has 1 saturated heterocycles. The highest BCUT2D eigenvalue weighted by Crippen LogP contribution is 2.32. The molecule has 0 spiro atoms. The zero-order chi connectivity index (χ0) is 18.3. The minimum absolute atomic E-state index is 0.0323. The third kappa shape index (κ3) is 3.14. The van der Waals surface area contributed by atoms with Crippen LogP contribution in [0.2, 0.25) is 0 Å². The number of nitrogens with zero attached hydrogens (tertiary/aromatic N) is 3. The molecule has 26 heavy (non-hydrogen) atoms. The van der Waals surface area contributed by atoms with E-state index >= 15 is 0 Å². The smallest absolute Gasteiger partial charge is 0.232 e. The van der Waals surface area contributed by atoms with E-state index in [0.29, 0.717) is 34.7 Å². The molecule has 1 fully saturated rings. The van der Waals surface area contributed by atoms with Crippen molar-refractivity contribution in [1.82, 2.24) is 10.1 Å². The Bertz CT molecular complexity index is 988. The van der Waals surface area contributed by atoms with Crippen molar-refractivity contribution in [3.05, 3.63) is 64.2 Å². The van der Waals surface area contributed by atoms with Gasteiger partial charge in [0.05, 0.1) is 10.4 Å². The molecule has 1 aromatic heterocycles. The number of carbonyl (C=O) groups is 1.